The van der Waals surface area contributed by atoms with E-state index >= 15 is 0 Å². The first-order chi connectivity index (χ1) is 9.88. The van der Waals surface area contributed by atoms with Crippen molar-refractivity contribution in [2.75, 3.05) is 5.73 Å². The van der Waals surface area contributed by atoms with Gasteiger partial charge in [-0.1, -0.05) is 39.1 Å². The lowest BCUT2D eigenvalue weighted by Gasteiger charge is -2.10. The summed E-state index contributed by atoms with van der Waals surface area (Å²) in [5.74, 6) is -1.62. The second-order valence-electron chi connectivity index (χ2n) is 4.28. The van der Waals surface area contributed by atoms with Crippen LogP contribution in [0.2, 0.25) is 10.0 Å². The maximum atomic E-state index is 14.1. The van der Waals surface area contributed by atoms with Crippen molar-refractivity contribution in [3.05, 3.63) is 50.4 Å². The van der Waals surface area contributed by atoms with E-state index in [0.29, 0.717) is 11.0 Å². The molecule has 0 saturated carbocycles. The molecule has 2 aromatic carbocycles. The minimum Gasteiger partial charge on any atom is -0.369 e. The SMILES string of the molecule is Nc1nc2cc(Cl)c(Cl)cc2n1-c1c(F)cc(Br)cc1F. The maximum absolute atomic E-state index is 14.1. The van der Waals surface area contributed by atoms with Crippen LogP contribution in [0.15, 0.2) is 28.7 Å². The number of aromatic nitrogens is 2. The lowest BCUT2D eigenvalue weighted by Crippen LogP contribution is -2.05. The van der Waals surface area contributed by atoms with Crippen molar-refractivity contribution in [3.63, 3.8) is 0 Å². The molecule has 3 rings (SSSR count). The van der Waals surface area contributed by atoms with Crippen LogP contribution in [-0.2, 0) is 0 Å². The first kappa shape index (κ1) is 14.6. The van der Waals surface area contributed by atoms with Gasteiger partial charge in [0.2, 0.25) is 5.95 Å². The van der Waals surface area contributed by atoms with Gasteiger partial charge in [-0.3, -0.25) is 4.57 Å². The average Bonchev–Trinajstić information content (AvgIpc) is 2.66. The summed E-state index contributed by atoms with van der Waals surface area (Å²) >= 11 is 14.9. The van der Waals surface area contributed by atoms with Gasteiger partial charge in [-0.15, -0.1) is 0 Å². The summed E-state index contributed by atoms with van der Waals surface area (Å²) in [6, 6.07) is 5.23. The van der Waals surface area contributed by atoms with E-state index in [-0.39, 0.29) is 26.2 Å². The molecule has 0 aliphatic rings. The molecule has 0 aliphatic carbocycles. The van der Waals surface area contributed by atoms with E-state index in [1.54, 1.807) is 0 Å². The van der Waals surface area contributed by atoms with Crippen molar-refractivity contribution in [1.82, 2.24) is 9.55 Å². The van der Waals surface area contributed by atoms with Gasteiger partial charge in [0.15, 0.2) is 11.6 Å². The summed E-state index contributed by atoms with van der Waals surface area (Å²) in [7, 11) is 0. The lowest BCUT2D eigenvalue weighted by molar-refractivity contribution is 0.570. The summed E-state index contributed by atoms with van der Waals surface area (Å²) < 4.78 is 29.7. The number of nitrogen functional groups attached to an aromatic ring is 1. The quantitative estimate of drug-likeness (QED) is 0.636. The van der Waals surface area contributed by atoms with Crippen molar-refractivity contribution < 1.29 is 8.78 Å². The second-order valence-corrected chi connectivity index (χ2v) is 6.01. The molecule has 21 heavy (non-hydrogen) atoms. The molecular weight excluding hydrogens is 387 g/mol. The fourth-order valence-corrected chi connectivity index (χ4v) is 2.79. The van der Waals surface area contributed by atoms with E-state index in [0.717, 1.165) is 16.7 Å². The molecule has 0 radical (unpaired) electrons. The predicted molar refractivity (Wildman–Crippen MR) is 83.1 cm³/mol. The Kier molecular flexibility index (Phi) is 3.55. The first-order valence-electron chi connectivity index (χ1n) is 5.66. The molecule has 1 aromatic heterocycles. The summed E-state index contributed by atoms with van der Waals surface area (Å²) in [4.78, 5) is 4.05. The van der Waals surface area contributed by atoms with E-state index in [1.807, 2.05) is 0 Å². The maximum Gasteiger partial charge on any atom is 0.206 e. The zero-order valence-electron chi connectivity index (χ0n) is 10.2. The van der Waals surface area contributed by atoms with E-state index in [1.165, 1.54) is 12.1 Å². The Morgan fingerprint density at radius 2 is 1.62 bits per heavy atom. The van der Waals surface area contributed by atoms with Crippen LogP contribution in [0.5, 0.6) is 0 Å². The molecule has 8 heteroatoms. The van der Waals surface area contributed by atoms with Gasteiger partial charge in [0, 0.05) is 4.47 Å². The Bertz CT molecular complexity index is 856. The monoisotopic (exact) mass is 391 g/mol. The topological polar surface area (TPSA) is 43.8 Å². The number of imidazole rings is 1. The van der Waals surface area contributed by atoms with Crippen LogP contribution in [0.25, 0.3) is 16.7 Å². The molecule has 2 N–H and O–H groups in total. The Morgan fingerprint density at radius 3 is 2.24 bits per heavy atom. The summed E-state index contributed by atoms with van der Waals surface area (Å²) in [6.07, 6.45) is 0. The van der Waals surface area contributed by atoms with Crippen molar-refractivity contribution in [2.45, 2.75) is 0 Å². The third kappa shape index (κ3) is 2.37. The first-order valence-corrected chi connectivity index (χ1v) is 7.21. The van der Waals surface area contributed by atoms with Crippen LogP contribution in [0.4, 0.5) is 14.7 Å². The van der Waals surface area contributed by atoms with Crippen LogP contribution < -0.4 is 5.73 Å². The van der Waals surface area contributed by atoms with E-state index in [4.69, 9.17) is 28.9 Å². The van der Waals surface area contributed by atoms with Crippen LogP contribution in [0, 0.1) is 11.6 Å². The zero-order valence-corrected chi connectivity index (χ0v) is 13.3. The van der Waals surface area contributed by atoms with E-state index in [2.05, 4.69) is 20.9 Å². The normalized spacial score (nSPS) is 11.3. The van der Waals surface area contributed by atoms with Crippen molar-refractivity contribution in [1.29, 1.82) is 0 Å². The summed E-state index contributed by atoms with van der Waals surface area (Å²) in [6.45, 7) is 0. The van der Waals surface area contributed by atoms with E-state index < -0.39 is 11.6 Å². The molecular formula is C13H6BrCl2F2N3. The number of benzene rings is 2. The molecule has 0 fully saturated rings. The Labute approximate surface area is 136 Å². The van der Waals surface area contributed by atoms with E-state index in [9.17, 15) is 8.78 Å². The van der Waals surface area contributed by atoms with Crippen LogP contribution in [-0.4, -0.2) is 9.55 Å². The number of hydrogen-bond acceptors (Lipinski definition) is 2. The van der Waals surface area contributed by atoms with Gasteiger partial charge in [0.05, 0.1) is 21.1 Å². The third-order valence-corrected chi connectivity index (χ3v) is 4.11. The number of rotatable bonds is 1. The molecule has 0 atom stereocenters. The van der Waals surface area contributed by atoms with Gasteiger partial charge in [0.25, 0.3) is 0 Å². The third-order valence-electron chi connectivity index (χ3n) is 2.93. The number of nitrogens with zero attached hydrogens (tertiary/aromatic N) is 2. The molecule has 3 aromatic rings. The standard InChI is InChI=1S/C13H6BrCl2F2N3/c14-5-1-8(17)12(9(18)2-5)21-11-4-7(16)6(15)3-10(11)20-13(21)19/h1-4H,(H2,19,20). The number of nitrogens with two attached hydrogens (primary N) is 1. The fourth-order valence-electron chi connectivity index (χ4n) is 2.07. The van der Waals surface area contributed by atoms with Gasteiger partial charge in [-0.25, -0.2) is 13.8 Å². The van der Waals surface area contributed by atoms with Gasteiger partial charge in [0.1, 0.15) is 5.69 Å². The molecule has 0 spiro atoms. The summed E-state index contributed by atoms with van der Waals surface area (Å²) in [5, 5.41) is 0.522. The van der Waals surface area contributed by atoms with Crippen molar-refractivity contribution >= 4 is 56.1 Å². The molecule has 0 aliphatic heterocycles. The fraction of sp³-hybridized carbons (Fsp3) is 0. The van der Waals surface area contributed by atoms with Gasteiger partial charge in [-0.2, -0.15) is 0 Å². The van der Waals surface area contributed by atoms with Crippen LogP contribution in [0.3, 0.4) is 0 Å². The minimum absolute atomic E-state index is 0.0662. The predicted octanol–water partition coefficient (Wildman–Crippen LogP) is 4.96. The number of anilines is 1. The average molecular weight is 393 g/mol. The highest BCUT2D eigenvalue weighted by atomic mass is 79.9. The molecule has 0 bridgehead atoms. The van der Waals surface area contributed by atoms with Gasteiger partial charge < -0.3 is 5.73 Å². The van der Waals surface area contributed by atoms with Gasteiger partial charge in [-0.05, 0) is 24.3 Å². The minimum atomic E-state index is -0.779. The van der Waals surface area contributed by atoms with Crippen molar-refractivity contribution in [2.24, 2.45) is 0 Å². The largest absolute Gasteiger partial charge is 0.369 e. The molecule has 3 nitrogen and oxygen atoms in total. The number of hydrogen-bond donors (Lipinski definition) is 1. The Balaban J connectivity index is 2.41. The molecule has 1 heterocycles. The Morgan fingerprint density at radius 1 is 1.05 bits per heavy atom. The highest BCUT2D eigenvalue weighted by molar-refractivity contribution is 9.10. The van der Waals surface area contributed by atoms with Crippen LogP contribution in [0.1, 0.15) is 0 Å². The molecule has 108 valence electrons. The highest BCUT2D eigenvalue weighted by Crippen LogP contribution is 2.33. The zero-order chi connectivity index (χ0) is 15.3. The Hall–Kier alpha value is -1.37. The molecule has 0 unspecified atom stereocenters. The smallest absolute Gasteiger partial charge is 0.206 e. The van der Waals surface area contributed by atoms with Gasteiger partial charge >= 0.3 is 0 Å². The number of halogens is 5. The second kappa shape index (κ2) is 5.12. The highest BCUT2D eigenvalue weighted by Gasteiger charge is 2.19. The number of fused-ring (bicyclic) bond motifs is 1. The van der Waals surface area contributed by atoms with Crippen molar-refractivity contribution in [3.8, 4) is 5.69 Å². The summed E-state index contributed by atoms with van der Waals surface area (Å²) in [5.41, 5.74) is 6.21. The van der Waals surface area contributed by atoms with Crippen LogP contribution >= 0.6 is 39.1 Å². The molecule has 0 saturated heterocycles. The molecule has 0 amide bonds. The lowest BCUT2D eigenvalue weighted by atomic mass is 10.2.